The fourth-order valence-electron chi connectivity index (χ4n) is 5.40. The third kappa shape index (κ3) is 1.94. The largest absolute Gasteiger partial charge is 0.330 e. The van der Waals surface area contributed by atoms with Crippen molar-refractivity contribution in [3.05, 3.63) is 0 Å². The summed E-state index contributed by atoms with van der Waals surface area (Å²) in [4.78, 5) is 2.71. The predicted molar refractivity (Wildman–Crippen MR) is 71.8 cm³/mol. The van der Waals surface area contributed by atoms with E-state index in [0.717, 1.165) is 30.7 Å². The molecule has 4 rings (SSSR count). The molecule has 0 saturated heterocycles. The average Bonchev–Trinajstić information content (AvgIpc) is 2.26. The van der Waals surface area contributed by atoms with E-state index in [9.17, 15) is 0 Å². The number of nitrogens with zero attached hydrogens (tertiary/aromatic N) is 1. The summed E-state index contributed by atoms with van der Waals surface area (Å²) < 4.78 is 0. The van der Waals surface area contributed by atoms with Gasteiger partial charge in [-0.1, -0.05) is 0 Å². The molecule has 4 aliphatic carbocycles. The van der Waals surface area contributed by atoms with E-state index in [1.165, 1.54) is 38.5 Å². The van der Waals surface area contributed by atoms with Crippen molar-refractivity contribution in [2.75, 3.05) is 13.6 Å². The summed E-state index contributed by atoms with van der Waals surface area (Å²) in [6.07, 6.45) is 10.2. The van der Waals surface area contributed by atoms with Crippen LogP contribution in [0.3, 0.4) is 0 Å². The third-order valence-corrected chi connectivity index (χ3v) is 6.00. The molecule has 0 aromatic carbocycles. The molecule has 4 saturated carbocycles. The SMILES string of the molecule is CC(CCN)N(C)C12CC3CC(CC(C3)C1)C2. The Labute approximate surface area is 106 Å². The van der Waals surface area contributed by atoms with Gasteiger partial charge in [0.25, 0.3) is 0 Å². The summed E-state index contributed by atoms with van der Waals surface area (Å²) in [6.45, 7) is 3.20. The molecule has 0 amide bonds. The Morgan fingerprint density at radius 3 is 2.00 bits per heavy atom. The lowest BCUT2D eigenvalue weighted by Crippen LogP contribution is -2.60. The third-order valence-electron chi connectivity index (χ3n) is 6.00. The first-order valence-corrected chi connectivity index (χ1v) is 7.56. The summed E-state index contributed by atoms with van der Waals surface area (Å²) in [5, 5.41) is 0. The predicted octanol–water partition coefficient (Wildman–Crippen LogP) is 2.62. The topological polar surface area (TPSA) is 29.3 Å². The van der Waals surface area contributed by atoms with Gasteiger partial charge in [-0.3, -0.25) is 4.90 Å². The van der Waals surface area contributed by atoms with E-state index in [1.54, 1.807) is 0 Å². The Morgan fingerprint density at radius 1 is 1.12 bits per heavy atom. The van der Waals surface area contributed by atoms with Gasteiger partial charge < -0.3 is 5.73 Å². The van der Waals surface area contributed by atoms with Crippen LogP contribution in [0.1, 0.15) is 51.9 Å². The zero-order valence-electron chi connectivity index (χ0n) is 11.5. The fourth-order valence-corrected chi connectivity index (χ4v) is 5.40. The van der Waals surface area contributed by atoms with E-state index in [2.05, 4.69) is 18.9 Å². The first-order chi connectivity index (χ1) is 8.13. The van der Waals surface area contributed by atoms with Crippen molar-refractivity contribution in [3.8, 4) is 0 Å². The van der Waals surface area contributed by atoms with Crippen LogP contribution in [0.25, 0.3) is 0 Å². The Morgan fingerprint density at radius 2 is 1.59 bits per heavy atom. The molecule has 0 aromatic heterocycles. The summed E-state index contributed by atoms with van der Waals surface area (Å²) in [7, 11) is 2.37. The maximum Gasteiger partial charge on any atom is 0.0217 e. The highest BCUT2D eigenvalue weighted by Crippen LogP contribution is 2.57. The molecular weight excluding hydrogens is 208 g/mol. The van der Waals surface area contributed by atoms with Crippen LogP contribution in [0.15, 0.2) is 0 Å². The maximum absolute atomic E-state index is 5.73. The number of rotatable bonds is 4. The Hall–Kier alpha value is -0.0800. The van der Waals surface area contributed by atoms with Crippen molar-refractivity contribution in [1.29, 1.82) is 0 Å². The van der Waals surface area contributed by atoms with Crippen LogP contribution >= 0.6 is 0 Å². The van der Waals surface area contributed by atoms with Gasteiger partial charge >= 0.3 is 0 Å². The number of hydrogen-bond donors (Lipinski definition) is 1. The normalized spacial score (nSPS) is 45.5. The summed E-state index contributed by atoms with van der Waals surface area (Å²) >= 11 is 0. The molecule has 0 aliphatic heterocycles. The molecule has 4 bridgehead atoms. The van der Waals surface area contributed by atoms with E-state index in [1.807, 2.05) is 0 Å². The van der Waals surface area contributed by atoms with Gasteiger partial charge in [0.2, 0.25) is 0 Å². The first-order valence-electron chi connectivity index (χ1n) is 7.56. The second-order valence-corrected chi connectivity index (χ2v) is 7.18. The monoisotopic (exact) mass is 236 g/mol. The fraction of sp³-hybridized carbons (Fsp3) is 1.00. The minimum absolute atomic E-state index is 0.559. The molecule has 0 heterocycles. The first kappa shape index (κ1) is 12.0. The van der Waals surface area contributed by atoms with Crippen LogP contribution in [-0.2, 0) is 0 Å². The smallest absolute Gasteiger partial charge is 0.0217 e. The molecule has 98 valence electrons. The van der Waals surface area contributed by atoms with E-state index in [0.29, 0.717) is 11.6 Å². The van der Waals surface area contributed by atoms with E-state index in [4.69, 9.17) is 5.73 Å². The van der Waals surface area contributed by atoms with Gasteiger partial charge in [-0.2, -0.15) is 0 Å². The average molecular weight is 236 g/mol. The second-order valence-electron chi connectivity index (χ2n) is 7.18. The molecule has 2 N–H and O–H groups in total. The van der Waals surface area contributed by atoms with Gasteiger partial charge in [0.15, 0.2) is 0 Å². The molecular formula is C15H28N2. The van der Waals surface area contributed by atoms with Crippen LogP contribution < -0.4 is 5.73 Å². The lowest BCUT2D eigenvalue weighted by Gasteiger charge is -2.61. The zero-order chi connectivity index (χ0) is 12.0. The van der Waals surface area contributed by atoms with Crippen molar-refractivity contribution in [3.63, 3.8) is 0 Å². The van der Waals surface area contributed by atoms with Gasteiger partial charge in [0, 0.05) is 11.6 Å². The highest BCUT2D eigenvalue weighted by Gasteiger charge is 2.53. The van der Waals surface area contributed by atoms with Gasteiger partial charge in [-0.25, -0.2) is 0 Å². The molecule has 0 aromatic rings. The van der Waals surface area contributed by atoms with Crippen LogP contribution in [0, 0.1) is 17.8 Å². The van der Waals surface area contributed by atoms with E-state index in [-0.39, 0.29) is 0 Å². The highest BCUT2D eigenvalue weighted by molar-refractivity contribution is 5.07. The van der Waals surface area contributed by atoms with Gasteiger partial charge in [0.1, 0.15) is 0 Å². The van der Waals surface area contributed by atoms with Crippen LogP contribution in [0.2, 0.25) is 0 Å². The molecule has 4 fully saturated rings. The minimum atomic E-state index is 0.559. The quantitative estimate of drug-likeness (QED) is 0.813. The molecule has 17 heavy (non-hydrogen) atoms. The lowest BCUT2D eigenvalue weighted by atomic mass is 9.52. The van der Waals surface area contributed by atoms with Crippen molar-refractivity contribution in [1.82, 2.24) is 4.90 Å². The highest BCUT2D eigenvalue weighted by atomic mass is 15.2. The number of hydrogen-bond acceptors (Lipinski definition) is 2. The maximum atomic E-state index is 5.73. The van der Waals surface area contributed by atoms with Crippen molar-refractivity contribution >= 4 is 0 Å². The van der Waals surface area contributed by atoms with E-state index >= 15 is 0 Å². The van der Waals surface area contributed by atoms with Crippen molar-refractivity contribution in [2.24, 2.45) is 23.5 Å². The van der Waals surface area contributed by atoms with Crippen LogP contribution in [0.5, 0.6) is 0 Å². The molecule has 4 aliphatic rings. The second kappa shape index (κ2) is 4.24. The molecule has 2 nitrogen and oxygen atoms in total. The van der Waals surface area contributed by atoms with Crippen LogP contribution in [0.4, 0.5) is 0 Å². The van der Waals surface area contributed by atoms with Crippen molar-refractivity contribution < 1.29 is 0 Å². The summed E-state index contributed by atoms with van der Waals surface area (Å²) in [5.74, 6) is 3.15. The minimum Gasteiger partial charge on any atom is -0.330 e. The lowest BCUT2D eigenvalue weighted by molar-refractivity contribution is -0.0919. The standard InChI is InChI=1S/C15H28N2/c1-11(3-4-16)17(2)15-8-12-5-13(9-15)7-14(6-12)10-15/h11-14H,3-10,16H2,1-2H3. The van der Waals surface area contributed by atoms with Crippen LogP contribution in [-0.4, -0.2) is 30.1 Å². The van der Waals surface area contributed by atoms with Crippen molar-refractivity contribution in [2.45, 2.75) is 63.5 Å². The molecule has 1 atom stereocenters. The van der Waals surface area contributed by atoms with Gasteiger partial charge in [-0.15, -0.1) is 0 Å². The van der Waals surface area contributed by atoms with E-state index < -0.39 is 0 Å². The Balaban J connectivity index is 1.77. The van der Waals surface area contributed by atoms with Gasteiger partial charge in [0.05, 0.1) is 0 Å². The zero-order valence-corrected chi connectivity index (χ0v) is 11.5. The molecule has 0 spiro atoms. The molecule has 0 radical (unpaired) electrons. The molecule has 1 unspecified atom stereocenters. The number of nitrogens with two attached hydrogens (primary N) is 1. The summed E-state index contributed by atoms with van der Waals surface area (Å²) in [5.41, 5.74) is 6.29. The molecule has 2 heteroatoms. The summed E-state index contributed by atoms with van der Waals surface area (Å²) in [6, 6.07) is 0.663. The Kier molecular flexibility index (Phi) is 2.99. The van der Waals surface area contributed by atoms with Gasteiger partial charge in [-0.05, 0) is 83.2 Å². The Bertz CT molecular complexity index is 251.